The highest BCUT2D eigenvalue weighted by molar-refractivity contribution is 5.79. The van der Waals surface area contributed by atoms with Gasteiger partial charge in [-0.1, -0.05) is 12.8 Å². The Kier molecular flexibility index (Phi) is 7.41. The summed E-state index contributed by atoms with van der Waals surface area (Å²) in [5, 5.41) is 5.67. The van der Waals surface area contributed by atoms with Gasteiger partial charge >= 0.3 is 0 Å². The van der Waals surface area contributed by atoms with E-state index in [1.54, 1.807) is 0 Å². The molecule has 2 amide bonds. The number of hydrogen-bond donors (Lipinski definition) is 3. The van der Waals surface area contributed by atoms with Gasteiger partial charge in [-0.15, -0.1) is 0 Å². The Balaban J connectivity index is 1.87. The molecule has 18 heavy (non-hydrogen) atoms. The van der Waals surface area contributed by atoms with Crippen LogP contribution in [0.5, 0.6) is 0 Å². The molecule has 4 N–H and O–H groups in total. The normalized spacial score (nSPS) is 14.3. The Morgan fingerprint density at radius 3 is 2.39 bits per heavy atom. The molecular formula is C13H25N3O2. The minimum absolute atomic E-state index is 0.0424. The minimum atomic E-state index is 0.0424. The van der Waals surface area contributed by atoms with Crippen LogP contribution in [-0.2, 0) is 9.59 Å². The van der Waals surface area contributed by atoms with Crippen LogP contribution < -0.4 is 16.4 Å². The lowest BCUT2D eigenvalue weighted by Gasteiger charge is -2.05. The van der Waals surface area contributed by atoms with Crippen molar-refractivity contribution < 1.29 is 9.59 Å². The zero-order valence-corrected chi connectivity index (χ0v) is 11.0. The number of unbranched alkanes of at least 4 members (excludes halogenated alkanes) is 3. The largest absolute Gasteiger partial charge is 0.356 e. The fourth-order valence-electron chi connectivity index (χ4n) is 1.71. The van der Waals surface area contributed by atoms with Crippen LogP contribution in [0.3, 0.4) is 0 Å². The number of hydrogen-bond acceptors (Lipinski definition) is 3. The molecule has 5 heteroatoms. The standard InChI is InChI=1S/C13H25N3O2/c14-9-4-2-1-3-5-12(17)15-10-8-13(18)16-11-6-7-11/h11H,1-10,14H2,(H,15,17)(H,16,18). The van der Waals surface area contributed by atoms with Gasteiger partial charge in [0.1, 0.15) is 0 Å². The van der Waals surface area contributed by atoms with Crippen molar-refractivity contribution in [2.75, 3.05) is 13.1 Å². The predicted molar refractivity (Wildman–Crippen MR) is 70.9 cm³/mol. The first kappa shape index (κ1) is 15.0. The van der Waals surface area contributed by atoms with Crippen LogP contribution in [-0.4, -0.2) is 30.9 Å². The molecule has 0 bridgehead atoms. The summed E-state index contributed by atoms with van der Waals surface area (Å²) in [7, 11) is 0. The van der Waals surface area contributed by atoms with E-state index in [0.29, 0.717) is 25.4 Å². The predicted octanol–water partition coefficient (Wildman–Crippen LogP) is 0.681. The summed E-state index contributed by atoms with van der Waals surface area (Å²) in [6, 6.07) is 0.399. The van der Waals surface area contributed by atoms with Crippen LogP contribution in [0.4, 0.5) is 0 Å². The van der Waals surface area contributed by atoms with E-state index in [-0.39, 0.29) is 11.8 Å². The van der Waals surface area contributed by atoms with E-state index in [4.69, 9.17) is 5.73 Å². The summed E-state index contributed by atoms with van der Waals surface area (Å²) in [5.41, 5.74) is 5.39. The molecule has 0 heterocycles. The van der Waals surface area contributed by atoms with Crippen molar-refractivity contribution >= 4 is 11.8 Å². The number of nitrogens with one attached hydrogen (secondary N) is 2. The number of nitrogens with two attached hydrogens (primary N) is 1. The van der Waals surface area contributed by atoms with E-state index in [0.717, 1.165) is 45.1 Å². The molecule has 0 unspecified atom stereocenters. The smallest absolute Gasteiger partial charge is 0.221 e. The van der Waals surface area contributed by atoms with E-state index in [9.17, 15) is 9.59 Å². The molecular weight excluding hydrogens is 230 g/mol. The fraction of sp³-hybridized carbons (Fsp3) is 0.846. The molecule has 0 radical (unpaired) electrons. The maximum atomic E-state index is 11.4. The Labute approximate surface area is 109 Å². The topological polar surface area (TPSA) is 84.2 Å². The Bertz CT molecular complexity index is 265. The molecule has 1 saturated carbocycles. The second-order valence-corrected chi connectivity index (χ2v) is 4.89. The second-order valence-electron chi connectivity index (χ2n) is 4.89. The van der Waals surface area contributed by atoms with Crippen molar-refractivity contribution in [2.45, 2.75) is 57.4 Å². The van der Waals surface area contributed by atoms with E-state index in [1.807, 2.05) is 0 Å². The third-order valence-corrected chi connectivity index (χ3v) is 2.97. The van der Waals surface area contributed by atoms with Crippen molar-refractivity contribution in [3.05, 3.63) is 0 Å². The molecule has 0 aromatic rings. The Morgan fingerprint density at radius 1 is 1.00 bits per heavy atom. The first-order valence-corrected chi connectivity index (χ1v) is 6.98. The van der Waals surface area contributed by atoms with Gasteiger partial charge in [-0.25, -0.2) is 0 Å². The van der Waals surface area contributed by atoms with E-state index in [2.05, 4.69) is 10.6 Å². The van der Waals surface area contributed by atoms with Gasteiger partial charge < -0.3 is 16.4 Å². The van der Waals surface area contributed by atoms with Crippen LogP contribution in [0.1, 0.15) is 51.4 Å². The zero-order chi connectivity index (χ0) is 13.2. The molecule has 0 atom stereocenters. The lowest BCUT2D eigenvalue weighted by molar-refractivity contribution is -0.122. The van der Waals surface area contributed by atoms with Crippen LogP contribution >= 0.6 is 0 Å². The highest BCUT2D eigenvalue weighted by atomic mass is 16.2. The second kappa shape index (κ2) is 8.91. The van der Waals surface area contributed by atoms with E-state index >= 15 is 0 Å². The lowest BCUT2D eigenvalue weighted by Crippen LogP contribution is -2.31. The molecule has 0 saturated heterocycles. The molecule has 0 spiro atoms. The van der Waals surface area contributed by atoms with Crippen LogP contribution in [0.15, 0.2) is 0 Å². The molecule has 1 aliphatic carbocycles. The summed E-state index contributed by atoms with van der Waals surface area (Å²) in [6.45, 7) is 1.17. The summed E-state index contributed by atoms with van der Waals surface area (Å²) in [5.74, 6) is 0.0858. The van der Waals surface area contributed by atoms with Crippen molar-refractivity contribution in [1.82, 2.24) is 10.6 Å². The van der Waals surface area contributed by atoms with Gasteiger partial charge in [0.15, 0.2) is 0 Å². The maximum Gasteiger partial charge on any atom is 0.221 e. The lowest BCUT2D eigenvalue weighted by atomic mass is 10.1. The van der Waals surface area contributed by atoms with Crippen molar-refractivity contribution in [3.63, 3.8) is 0 Å². The molecule has 0 aromatic carbocycles. The van der Waals surface area contributed by atoms with Gasteiger partial charge in [0.2, 0.25) is 11.8 Å². The SMILES string of the molecule is NCCCCCCC(=O)NCCC(=O)NC1CC1. The zero-order valence-electron chi connectivity index (χ0n) is 11.0. The fourth-order valence-corrected chi connectivity index (χ4v) is 1.71. The average molecular weight is 255 g/mol. The van der Waals surface area contributed by atoms with Crippen LogP contribution in [0.25, 0.3) is 0 Å². The minimum Gasteiger partial charge on any atom is -0.356 e. The van der Waals surface area contributed by atoms with Crippen molar-refractivity contribution in [3.8, 4) is 0 Å². The van der Waals surface area contributed by atoms with Crippen molar-refractivity contribution in [1.29, 1.82) is 0 Å². The average Bonchev–Trinajstić information content (AvgIpc) is 3.12. The molecule has 104 valence electrons. The number of carbonyl (C=O) groups is 2. The highest BCUT2D eigenvalue weighted by Crippen LogP contribution is 2.18. The molecule has 0 aliphatic heterocycles. The van der Waals surface area contributed by atoms with Crippen LogP contribution in [0, 0.1) is 0 Å². The number of carbonyl (C=O) groups excluding carboxylic acids is 2. The number of amides is 2. The Morgan fingerprint density at radius 2 is 1.72 bits per heavy atom. The van der Waals surface area contributed by atoms with Crippen LogP contribution in [0.2, 0.25) is 0 Å². The summed E-state index contributed by atoms with van der Waals surface area (Å²) in [6.07, 6.45) is 7.20. The summed E-state index contributed by atoms with van der Waals surface area (Å²) in [4.78, 5) is 22.8. The van der Waals surface area contributed by atoms with Crippen molar-refractivity contribution in [2.24, 2.45) is 5.73 Å². The first-order valence-electron chi connectivity index (χ1n) is 6.98. The summed E-state index contributed by atoms with van der Waals surface area (Å²) >= 11 is 0. The molecule has 1 fully saturated rings. The Hall–Kier alpha value is -1.10. The van der Waals surface area contributed by atoms with Gasteiger partial charge in [-0.3, -0.25) is 9.59 Å². The van der Waals surface area contributed by atoms with Gasteiger partial charge in [0, 0.05) is 25.4 Å². The third-order valence-electron chi connectivity index (χ3n) is 2.97. The molecule has 1 rings (SSSR count). The third kappa shape index (κ3) is 8.06. The van der Waals surface area contributed by atoms with Gasteiger partial charge in [0.05, 0.1) is 0 Å². The monoisotopic (exact) mass is 255 g/mol. The summed E-state index contributed by atoms with van der Waals surface area (Å²) < 4.78 is 0. The van der Waals surface area contributed by atoms with Gasteiger partial charge in [-0.2, -0.15) is 0 Å². The van der Waals surface area contributed by atoms with E-state index < -0.39 is 0 Å². The molecule has 1 aliphatic rings. The number of rotatable bonds is 10. The quantitative estimate of drug-likeness (QED) is 0.502. The van der Waals surface area contributed by atoms with Gasteiger partial charge in [0.25, 0.3) is 0 Å². The van der Waals surface area contributed by atoms with Gasteiger partial charge in [-0.05, 0) is 32.2 Å². The molecule has 5 nitrogen and oxygen atoms in total. The highest BCUT2D eigenvalue weighted by Gasteiger charge is 2.22. The maximum absolute atomic E-state index is 11.4. The molecule has 0 aromatic heterocycles. The first-order chi connectivity index (χ1) is 8.72. The van der Waals surface area contributed by atoms with E-state index in [1.165, 1.54) is 0 Å².